The number of carbonyl (C=O) groups excluding carboxylic acids is 1. The van der Waals surface area contributed by atoms with Gasteiger partial charge in [-0.3, -0.25) is 4.79 Å². The summed E-state index contributed by atoms with van der Waals surface area (Å²) in [5.74, 6) is 0.183. The minimum atomic E-state index is -0.441. The van der Waals surface area contributed by atoms with Gasteiger partial charge in [0.25, 0.3) is 0 Å². The molecule has 3 nitrogen and oxygen atoms in total. The number of carbonyl (C=O) groups is 1. The van der Waals surface area contributed by atoms with Gasteiger partial charge in [0, 0.05) is 26.2 Å². The number of likely N-dealkylation sites (tertiary alicyclic amines) is 1. The highest BCUT2D eigenvalue weighted by molar-refractivity contribution is 9.10. The van der Waals surface area contributed by atoms with Crippen molar-refractivity contribution < 1.29 is 4.79 Å². The molecule has 0 N–H and O–H groups in total. The van der Waals surface area contributed by atoms with E-state index in [1.165, 1.54) is 0 Å². The van der Waals surface area contributed by atoms with E-state index in [2.05, 4.69) is 27.8 Å². The zero-order valence-electron chi connectivity index (χ0n) is 10.8. The lowest BCUT2D eigenvalue weighted by Gasteiger charge is -2.38. The summed E-state index contributed by atoms with van der Waals surface area (Å²) in [7, 11) is 1.93. The minimum Gasteiger partial charge on any atom is -0.341 e. The minimum absolute atomic E-state index is 0.183. The van der Waals surface area contributed by atoms with Crippen LogP contribution < -0.4 is 0 Å². The Labute approximate surface area is 107 Å². The SMILES string of the molecule is CCN1CCC(N(C)C(=O)C(C)(C)Br)CC1. The van der Waals surface area contributed by atoms with Crippen LogP contribution in [-0.2, 0) is 4.79 Å². The summed E-state index contributed by atoms with van der Waals surface area (Å²) in [4.78, 5) is 16.4. The van der Waals surface area contributed by atoms with Crippen LogP contribution in [0.3, 0.4) is 0 Å². The summed E-state index contributed by atoms with van der Waals surface area (Å²) in [6, 6.07) is 0.409. The molecule has 0 spiro atoms. The van der Waals surface area contributed by atoms with Gasteiger partial charge >= 0.3 is 0 Å². The Balaban J connectivity index is 2.50. The number of halogens is 1. The van der Waals surface area contributed by atoms with E-state index >= 15 is 0 Å². The molecular weight excluding hydrogens is 268 g/mol. The number of rotatable bonds is 3. The van der Waals surface area contributed by atoms with Crippen LogP contribution in [0, 0.1) is 0 Å². The summed E-state index contributed by atoms with van der Waals surface area (Å²) < 4.78 is -0.441. The normalized spacial score (nSPS) is 19.8. The molecule has 0 aliphatic carbocycles. The molecule has 1 heterocycles. The molecule has 0 aromatic heterocycles. The molecule has 1 fully saturated rings. The fourth-order valence-corrected chi connectivity index (χ4v) is 2.49. The standard InChI is InChI=1S/C12H23BrN2O/c1-5-15-8-6-10(7-9-15)14(4)11(16)12(2,3)13/h10H,5-9H2,1-4H3. The highest BCUT2D eigenvalue weighted by atomic mass is 79.9. The first-order valence-corrected chi connectivity index (χ1v) is 6.84. The molecule has 16 heavy (non-hydrogen) atoms. The van der Waals surface area contributed by atoms with Gasteiger partial charge in [-0.15, -0.1) is 0 Å². The Morgan fingerprint density at radius 1 is 1.44 bits per heavy atom. The maximum absolute atomic E-state index is 12.1. The van der Waals surface area contributed by atoms with Crippen LogP contribution in [0.4, 0.5) is 0 Å². The molecule has 1 aliphatic rings. The van der Waals surface area contributed by atoms with Crippen molar-refractivity contribution in [1.82, 2.24) is 9.80 Å². The largest absolute Gasteiger partial charge is 0.341 e. The Kier molecular flexibility index (Phi) is 4.80. The predicted molar refractivity (Wildman–Crippen MR) is 70.9 cm³/mol. The fraction of sp³-hybridized carbons (Fsp3) is 0.917. The van der Waals surface area contributed by atoms with Gasteiger partial charge in [0.15, 0.2) is 0 Å². The first-order chi connectivity index (χ1) is 7.36. The second-order valence-corrected chi connectivity index (χ2v) is 7.04. The topological polar surface area (TPSA) is 23.6 Å². The van der Waals surface area contributed by atoms with E-state index in [1.807, 2.05) is 25.8 Å². The van der Waals surface area contributed by atoms with Gasteiger partial charge < -0.3 is 9.80 Å². The molecule has 1 amide bonds. The van der Waals surface area contributed by atoms with Gasteiger partial charge in [0.2, 0.25) is 5.91 Å². The Hall–Kier alpha value is -0.0900. The number of nitrogens with zero attached hydrogens (tertiary/aromatic N) is 2. The third-order valence-electron chi connectivity index (χ3n) is 3.38. The summed E-state index contributed by atoms with van der Waals surface area (Å²) in [5, 5.41) is 0. The van der Waals surface area contributed by atoms with E-state index in [0.29, 0.717) is 6.04 Å². The molecule has 0 saturated carbocycles. The van der Waals surface area contributed by atoms with Crippen LogP contribution in [-0.4, -0.2) is 52.8 Å². The van der Waals surface area contributed by atoms with Crippen molar-refractivity contribution in [2.45, 2.75) is 44.0 Å². The van der Waals surface area contributed by atoms with Crippen LogP contribution in [0.15, 0.2) is 0 Å². The van der Waals surface area contributed by atoms with Crippen molar-refractivity contribution in [3.63, 3.8) is 0 Å². The average Bonchev–Trinajstić information content (AvgIpc) is 2.26. The van der Waals surface area contributed by atoms with Gasteiger partial charge in [-0.05, 0) is 33.2 Å². The Morgan fingerprint density at radius 2 is 1.94 bits per heavy atom. The van der Waals surface area contributed by atoms with Gasteiger partial charge in [-0.1, -0.05) is 22.9 Å². The van der Waals surface area contributed by atoms with Crippen molar-refractivity contribution in [1.29, 1.82) is 0 Å². The molecule has 1 aliphatic heterocycles. The zero-order chi connectivity index (χ0) is 12.3. The number of hydrogen-bond donors (Lipinski definition) is 0. The van der Waals surface area contributed by atoms with E-state index in [9.17, 15) is 4.79 Å². The van der Waals surface area contributed by atoms with Crippen molar-refractivity contribution >= 4 is 21.8 Å². The Bertz CT molecular complexity index is 242. The summed E-state index contributed by atoms with van der Waals surface area (Å²) in [6.07, 6.45) is 2.19. The molecule has 0 aromatic carbocycles. The smallest absolute Gasteiger partial charge is 0.238 e. The van der Waals surface area contributed by atoms with E-state index in [0.717, 1.165) is 32.5 Å². The number of amides is 1. The third kappa shape index (κ3) is 3.45. The van der Waals surface area contributed by atoms with Gasteiger partial charge in [-0.2, -0.15) is 0 Å². The molecule has 4 heteroatoms. The van der Waals surface area contributed by atoms with Crippen LogP contribution >= 0.6 is 15.9 Å². The van der Waals surface area contributed by atoms with Crippen molar-refractivity contribution in [3.05, 3.63) is 0 Å². The van der Waals surface area contributed by atoms with Crippen molar-refractivity contribution in [2.24, 2.45) is 0 Å². The molecule has 1 saturated heterocycles. The lowest BCUT2D eigenvalue weighted by molar-refractivity contribution is -0.134. The van der Waals surface area contributed by atoms with Crippen molar-refractivity contribution in [2.75, 3.05) is 26.7 Å². The lowest BCUT2D eigenvalue weighted by Crippen LogP contribution is -2.49. The summed E-state index contributed by atoms with van der Waals surface area (Å²) in [5.41, 5.74) is 0. The monoisotopic (exact) mass is 290 g/mol. The molecule has 0 radical (unpaired) electrons. The molecule has 1 rings (SSSR count). The lowest BCUT2D eigenvalue weighted by atomic mass is 10.0. The second kappa shape index (κ2) is 5.50. The summed E-state index contributed by atoms with van der Waals surface area (Å²) >= 11 is 3.44. The molecule has 94 valence electrons. The quantitative estimate of drug-likeness (QED) is 0.744. The molecule has 0 atom stereocenters. The highest BCUT2D eigenvalue weighted by Gasteiger charge is 2.32. The second-order valence-electron chi connectivity index (χ2n) is 5.05. The molecule has 0 unspecified atom stereocenters. The van der Waals surface area contributed by atoms with E-state index in [-0.39, 0.29) is 5.91 Å². The third-order valence-corrected chi connectivity index (χ3v) is 3.72. The van der Waals surface area contributed by atoms with Crippen LogP contribution in [0.1, 0.15) is 33.6 Å². The number of piperidine rings is 1. The maximum Gasteiger partial charge on any atom is 0.238 e. The highest BCUT2D eigenvalue weighted by Crippen LogP contribution is 2.23. The van der Waals surface area contributed by atoms with Crippen LogP contribution in [0.25, 0.3) is 0 Å². The molecule has 0 bridgehead atoms. The van der Waals surface area contributed by atoms with E-state index in [4.69, 9.17) is 0 Å². The van der Waals surface area contributed by atoms with Crippen LogP contribution in [0.2, 0.25) is 0 Å². The van der Waals surface area contributed by atoms with E-state index < -0.39 is 4.32 Å². The fourth-order valence-electron chi connectivity index (χ4n) is 2.21. The Morgan fingerprint density at radius 3 is 2.31 bits per heavy atom. The first-order valence-electron chi connectivity index (χ1n) is 6.04. The van der Waals surface area contributed by atoms with E-state index in [1.54, 1.807) is 0 Å². The number of alkyl halides is 1. The first kappa shape index (κ1) is 14.0. The molecular formula is C12H23BrN2O. The summed E-state index contributed by atoms with van der Waals surface area (Å²) in [6.45, 7) is 9.36. The van der Waals surface area contributed by atoms with Gasteiger partial charge in [-0.25, -0.2) is 0 Å². The van der Waals surface area contributed by atoms with Gasteiger partial charge in [0.05, 0.1) is 4.32 Å². The molecule has 0 aromatic rings. The van der Waals surface area contributed by atoms with Crippen molar-refractivity contribution in [3.8, 4) is 0 Å². The zero-order valence-corrected chi connectivity index (χ0v) is 12.4. The number of hydrogen-bond acceptors (Lipinski definition) is 2. The maximum atomic E-state index is 12.1. The van der Waals surface area contributed by atoms with Crippen LogP contribution in [0.5, 0.6) is 0 Å². The predicted octanol–water partition coefficient (Wildman–Crippen LogP) is 2.10. The average molecular weight is 291 g/mol. The van der Waals surface area contributed by atoms with Gasteiger partial charge in [0.1, 0.15) is 0 Å².